The van der Waals surface area contributed by atoms with Gasteiger partial charge in [0.25, 0.3) is 0 Å². The van der Waals surface area contributed by atoms with E-state index in [9.17, 15) is 4.79 Å². The second kappa shape index (κ2) is 6.25. The average Bonchev–Trinajstić information content (AvgIpc) is 2.99. The molecule has 0 amide bonds. The first-order valence-electron chi connectivity index (χ1n) is 8.78. The van der Waals surface area contributed by atoms with E-state index in [1.165, 1.54) is 0 Å². The highest BCUT2D eigenvalue weighted by Gasteiger charge is 2.35. The van der Waals surface area contributed by atoms with Crippen LogP contribution in [0, 0.1) is 0 Å². The van der Waals surface area contributed by atoms with Crippen LogP contribution in [-0.4, -0.2) is 10.5 Å². The van der Waals surface area contributed by atoms with E-state index in [1.807, 2.05) is 42.5 Å². The van der Waals surface area contributed by atoms with Crippen molar-refractivity contribution in [2.75, 3.05) is 0 Å². The van der Waals surface area contributed by atoms with E-state index < -0.39 is 6.10 Å². The summed E-state index contributed by atoms with van der Waals surface area (Å²) in [6, 6.07) is 18.0. The van der Waals surface area contributed by atoms with Crippen LogP contribution in [0.15, 0.2) is 61.2 Å². The summed E-state index contributed by atoms with van der Waals surface area (Å²) in [4.78, 5) is 12.9. The van der Waals surface area contributed by atoms with Gasteiger partial charge >= 0.3 is 5.97 Å². The Morgan fingerprint density at radius 2 is 1.80 bits per heavy atom. The number of aryl methyl sites for hydroxylation is 1. The quantitative estimate of drug-likeness (QED) is 0.602. The third kappa shape index (κ3) is 2.47. The molecule has 1 aliphatic heterocycles. The SMILES string of the molecule is C=C1c2c(n(CCCC)c3ccccc23)C(=O)OC1c1ccccc1. The fourth-order valence-electron chi connectivity index (χ4n) is 3.65. The number of nitrogens with zero attached hydrogens (tertiary/aromatic N) is 1. The molecular weight excluding hydrogens is 310 g/mol. The Hall–Kier alpha value is -2.81. The smallest absolute Gasteiger partial charge is 0.356 e. The first kappa shape index (κ1) is 15.7. The van der Waals surface area contributed by atoms with Gasteiger partial charge in [-0.15, -0.1) is 0 Å². The number of aromatic nitrogens is 1. The zero-order valence-electron chi connectivity index (χ0n) is 14.4. The molecule has 0 N–H and O–H groups in total. The van der Waals surface area contributed by atoms with Crippen LogP contribution < -0.4 is 0 Å². The van der Waals surface area contributed by atoms with Gasteiger partial charge in [-0.2, -0.15) is 0 Å². The highest BCUT2D eigenvalue weighted by molar-refractivity contribution is 6.08. The van der Waals surface area contributed by atoms with Crippen LogP contribution >= 0.6 is 0 Å². The number of rotatable bonds is 4. The number of carbonyl (C=O) groups is 1. The molecule has 3 heteroatoms. The Balaban J connectivity index is 1.91. The van der Waals surface area contributed by atoms with E-state index in [2.05, 4.69) is 30.2 Å². The molecule has 126 valence electrons. The topological polar surface area (TPSA) is 31.2 Å². The molecule has 0 aliphatic carbocycles. The van der Waals surface area contributed by atoms with Gasteiger partial charge in [0.1, 0.15) is 5.69 Å². The molecule has 0 spiro atoms. The van der Waals surface area contributed by atoms with Gasteiger partial charge in [-0.3, -0.25) is 0 Å². The number of fused-ring (bicyclic) bond motifs is 3. The van der Waals surface area contributed by atoms with Crippen molar-refractivity contribution in [2.24, 2.45) is 0 Å². The number of hydrogen-bond donors (Lipinski definition) is 0. The fraction of sp³-hybridized carbons (Fsp3) is 0.227. The van der Waals surface area contributed by atoms with E-state index in [0.29, 0.717) is 5.69 Å². The second-order valence-electron chi connectivity index (χ2n) is 6.47. The van der Waals surface area contributed by atoms with Gasteiger partial charge in [-0.25, -0.2) is 4.79 Å². The number of unbranched alkanes of at least 4 members (excludes halogenated alkanes) is 1. The summed E-state index contributed by atoms with van der Waals surface area (Å²) in [7, 11) is 0. The molecule has 3 nitrogen and oxygen atoms in total. The molecule has 3 aromatic rings. The molecule has 0 radical (unpaired) electrons. The molecular formula is C22H21NO2. The lowest BCUT2D eigenvalue weighted by Gasteiger charge is -2.26. The van der Waals surface area contributed by atoms with Crippen LogP contribution in [0.25, 0.3) is 16.5 Å². The minimum atomic E-state index is -0.424. The first-order chi connectivity index (χ1) is 12.2. The molecule has 2 heterocycles. The van der Waals surface area contributed by atoms with Crippen molar-refractivity contribution in [3.05, 3.63) is 78.0 Å². The Labute approximate surface area is 147 Å². The standard InChI is InChI=1S/C22H21NO2/c1-3-4-14-23-18-13-9-8-12-17(18)19-15(2)21(25-22(24)20(19)23)16-10-6-5-7-11-16/h5-13,21H,2-4,14H2,1H3. The van der Waals surface area contributed by atoms with Crippen molar-refractivity contribution in [2.45, 2.75) is 32.4 Å². The van der Waals surface area contributed by atoms with Gasteiger partial charge in [0.2, 0.25) is 0 Å². The van der Waals surface area contributed by atoms with Gasteiger partial charge in [0, 0.05) is 28.6 Å². The van der Waals surface area contributed by atoms with E-state index in [-0.39, 0.29) is 5.97 Å². The van der Waals surface area contributed by atoms with E-state index in [0.717, 1.165) is 47.0 Å². The maximum absolute atomic E-state index is 12.9. The summed E-state index contributed by atoms with van der Waals surface area (Å²) in [6.07, 6.45) is 1.67. The van der Waals surface area contributed by atoms with Crippen LogP contribution in [0.3, 0.4) is 0 Å². The molecule has 0 saturated heterocycles. The first-order valence-corrected chi connectivity index (χ1v) is 8.78. The maximum atomic E-state index is 12.9. The molecule has 4 rings (SSSR count). The molecule has 25 heavy (non-hydrogen) atoms. The van der Waals surface area contributed by atoms with Crippen molar-refractivity contribution in [3.63, 3.8) is 0 Å². The van der Waals surface area contributed by atoms with Gasteiger partial charge in [-0.1, -0.05) is 68.5 Å². The summed E-state index contributed by atoms with van der Waals surface area (Å²) in [6.45, 7) is 7.26. The Morgan fingerprint density at radius 3 is 2.56 bits per heavy atom. The predicted molar refractivity (Wildman–Crippen MR) is 100 cm³/mol. The average molecular weight is 331 g/mol. The highest BCUT2D eigenvalue weighted by atomic mass is 16.5. The Morgan fingerprint density at radius 1 is 1.08 bits per heavy atom. The molecule has 0 bridgehead atoms. The zero-order valence-corrected chi connectivity index (χ0v) is 14.4. The summed E-state index contributed by atoms with van der Waals surface area (Å²) >= 11 is 0. The molecule has 1 atom stereocenters. The predicted octanol–water partition coefficient (Wildman–Crippen LogP) is 5.37. The molecule has 2 aromatic carbocycles. The number of esters is 1. The summed E-state index contributed by atoms with van der Waals surface area (Å²) in [5, 5.41) is 1.08. The lowest BCUT2D eigenvalue weighted by molar-refractivity contribution is 0.0375. The number of para-hydroxylation sites is 1. The lowest BCUT2D eigenvalue weighted by Crippen LogP contribution is -2.23. The van der Waals surface area contributed by atoms with Gasteiger partial charge in [-0.05, 0) is 18.1 Å². The molecule has 0 saturated carbocycles. The number of benzene rings is 2. The molecule has 1 aliphatic rings. The van der Waals surface area contributed by atoms with Gasteiger partial charge in [0.15, 0.2) is 6.10 Å². The normalized spacial score (nSPS) is 16.8. The minimum absolute atomic E-state index is 0.261. The van der Waals surface area contributed by atoms with Crippen LogP contribution in [0.1, 0.15) is 47.5 Å². The summed E-state index contributed by atoms with van der Waals surface area (Å²) < 4.78 is 7.90. The maximum Gasteiger partial charge on any atom is 0.356 e. The third-order valence-corrected chi connectivity index (χ3v) is 4.86. The Bertz CT molecular complexity index is 953. The summed E-state index contributed by atoms with van der Waals surface area (Å²) in [5.74, 6) is -0.261. The Kier molecular flexibility index (Phi) is 3.92. The van der Waals surface area contributed by atoms with E-state index in [4.69, 9.17) is 4.74 Å². The zero-order chi connectivity index (χ0) is 17.4. The molecule has 0 fully saturated rings. The monoisotopic (exact) mass is 331 g/mol. The van der Waals surface area contributed by atoms with Crippen LogP contribution in [-0.2, 0) is 11.3 Å². The molecule has 1 unspecified atom stereocenters. The second-order valence-corrected chi connectivity index (χ2v) is 6.47. The van der Waals surface area contributed by atoms with Crippen molar-refractivity contribution in [1.29, 1.82) is 0 Å². The number of cyclic esters (lactones) is 1. The minimum Gasteiger partial charge on any atom is -0.448 e. The number of carbonyl (C=O) groups excluding carboxylic acids is 1. The van der Waals surface area contributed by atoms with Crippen LogP contribution in [0.2, 0.25) is 0 Å². The van der Waals surface area contributed by atoms with Crippen molar-refractivity contribution < 1.29 is 9.53 Å². The number of ether oxygens (including phenoxy) is 1. The third-order valence-electron chi connectivity index (χ3n) is 4.86. The number of hydrogen-bond acceptors (Lipinski definition) is 2. The fourth-order valence-corrected chi connectivity index (χ4v) is 3.65. The van der Waals surface area contributed by atoms with Crippen molar-refractivity contribution in [3.8, 4) is 0 Å². The highest BCUT2D eigenvalue weighted by Crippen LogP contribution is 2.43. The van der Waals surface area contributed by atoms with Gasteiger partial charge < -0.3 is 9.30 Å². The van der Waals surface area contributed by atoms with Crippen molar-refractivity contribution >= 4 is 22.4 Å². The van der Waals surface area contributed by atoms with Crippen molar-refractivity contribution in [1.82, 2.24) is 4.57 Å². The van der Waals surface area contributed by atoms with Crippen LogP contribution in [0.5, 0.6) is 0 Å². The van der Waals surface area contributed by atoms with E-state index in [1.54, 1.807) is 0 Å². The van der Waals surface area contributed by atoms with Crippen LogP contribution in [0.4, 0.5) is 0 Å². The van der Waals surface area contributed by atoms with E-state index >= 15 is 0 Å². The summed E-state index contributed by atoms with van der Waals surface area (Å²) in [5.41, 5.74) is 4.47. The molecule has 1 aromatic heterocycles. The van der Waals surface area contributed by atoms with Gasteiger partial charge in [0.05, 0.1) is 0 Å². The lowest BCUT2D eigenvalue weighted by atomic mass is 9.92. The largest absolute Gasteiger partial charge is 0.448 e.